The normalized spacial score (nSPS) is 12.6. The Morgan fingerprint density at radius 1 is 1.38 bits per heavy atom. The van der Waals surface area contributed by atoms with Crippen LogP contribution in [-0.2, 0) is 21.2 Å². The van der Waals surface area contributed by atoms with Crippen LogP contribution in [0.5, 0.6) is 0 Å². The highest BCUT2D eigenvalue weighted by Gasteiger charge is 2.24. The zero-order valence-corrected chi connectivity index (χ0v) is 12.6. The lowest BCUT2D eigenvalue weighted by atomic mass is 10.1. The van der Waals surface area contributed by atoms with Gasteiger partial charge in [-0.3, -0.25) is 4.79 Å². The Kier molecular flexibility index (Phi) is 6.34. The fourth-order valence-electron chi connectivity index (χ4n) is 1.77. The van der Waals surface area contributed by atoms with Crippen molar-refractivity contribution in [3.63, 3.8) is 0 Å². The predicted molar refractivity (Wildman–Crippen MR) is 77.0 cm³/mol. The van der Waals surface area contributed by atoms with E-state index in [1.807, 2.05) is 13.0 Å². The summed E-state index contributed by atoms with van der Waals surface area (Å²) in [5.74, 6) is -1.19. The molecule has 114 valence electrons. The molecular weight excluding hydrogens is 292 g/mol. The number of benzene rings is 1. The van der Waals surface area contributed by atoms with Crippen molar-refractivity contribution in [3.8, 4) is 6.07 Å². The summed E-state index contributed by atoms with van der Waals surface area (Å²) in [4.78, 5) is 11.1. The van der Waals surface area contributed by atoms with E-state index < -0.39 is 22.0 Å². The van der Waals surface area contributed by atoms with Gasteiger partial charge in [-0.15, -0.1) is 0 Å². The second-order valence-corrected chi connectivity index (χ2v) is 6.35. The predicted octanol–water partition coefficient (Wildman–Crippen LogP) is 1.67. The Hall–Kier alpha value is -1.91. The molecule has 7 heteroatoms. The second-order valence-electron chi connectivity index (χ2n) is 4.63. The monoisotopic (exact) mass is 310 g/mol. The molecule has 1 atom stereocenters. The van der Waals surface area contributed by atoms with Crippen molar-refractivity contribution >= 4 is 16.0 Å². The molecule has 0 aliphatic carbocycles. The molecule has 2 N–H and O–H groups in total. The van der Waals surface area contributed by atoms with E-state index >= 15 is 0 Å². The fourth-order valence-corrected chi connectivity index (χ4v) is 3.00. The number of carbonyl (C=O) groups is 1. The molecule has 0 amide bonds. The van der Waals surface area contributed by atoms with Crippen LogP contribution in [0.25, 0.3) is 0 Å². The summed E-state index contributed by atoms with van der Waals surface area (Å²) in [5, 5.41) is 17.6. The second kappa shape index (κ2) is 7.76. The minimum atomic E-state index is -3.88. The lowest BCUT2D eigenvalue weighted by molar-refractivity contribution is -0.139. The number of nitriles is 1. The van der Waals surface area contributed by atoms with Gasteiger partial charge in [0.25, 0.3) is 0 Å². The highest BCUT2D eigenvalue weighted by Crippen LogP contribution is 2.13. The Labute approximate surface area is 124 Å². The van der Waals surface area contributed by atoms with Crippen LogP contribution in [0.4, 0.5) is 0 Å². The average Bonchev–Trinajstić information content (AvgIpc) is 2.44. The average molecular weight is 310 g/mol. The molecule has 21 heavy (non-hydrogen) atoms. The van der Waals surface area contributed by atoms with E-state index in [4.69, 9.17) is 10.4 Å². The number of carboxylic acid groups (broad SMARTS) is 1. The molecule has 0 fully saturated rings. The molecule has 1 aromatic rings. The lowest BCUT2D eigenvalue weighted by Crippen LogP contribution is -2.40. The molecule has 0 aliphatic heterocycles. The number of aliphatic carboxylic acids is 1. The van der Waals surface area contributed by atoms with E-state index in [9.17, 15) is 13.2 Å². The molecule has 0 saturated heterocycles. The molecule has 0 aromatic heterocycles. The van der Waals surface area contributed by atoms with Crippen molar-refractivity contribution in [1.82, 2.24) is 4.72 Å². The van der Waals surface area contributed by atoms with Gasteiger partial charge in [-0.25, -0.2) is 8.42 Å². The van der Waals surface area contributed by atoms with Crippen molar-refractivity contribution in [3.05, 3.63) is 29.8 Å². The van der Waals surface area contributed by atoms with Gasteiger partial charge in [0.15, 0.2) is 0 Å². The van der Waals surface area contributed by atoms with Gasteiger partial charge in [0.1, 0.15) is 6.04 Å². The van der Waals surface area contributed by atoms with Gasteiger partial charge in [-0.2, -0.15) is 9.98 Å². The summed E-state index contributed by atoms with van der Waals surface area (Å²) in [6.45, 7) is 1.90. The number of rotatable bonds is 8. The topological polar surface area (TPSA) is 107 Å². The smallest absolute Gasteiger partial charge is 0.321 e. The molecule has 0 heterocycles. The molecule has 0 aliphatic rings. The number of hydrogen-bond acceptors (Lipinski definition) is 4. The number of nitrogens with zero attached hydrogens (tertiary/aromatic N) is 1. The Balaban J connectivity index is 2.88. The van der Waals surface area contributed by atoms with E-state index in [2.05, 4.69) is 4.72 Å². The Morgan fingerprint density at radius 2 is 2.00 bits per heavy atom. The molecule has 0 bridgehead atoms. The van der Waals surface area contributed by atoms with Crippen molar-refractivity contribution in [2.24, 2.45) is 0 Å². The van der Waals surface area contributed by atoms with Crippen LogP contribution < -0.4 is 4.72 Å². The van der Waals surface area contributed by atoms with Gasteiger partial charge >= 0.3 is 5.97 Å². The van der Waals surface area contributed by atoms with Gasteiger partial charge in [0.05, 0.1) is 17.4 Å². The van der Waals surface area contributed by atoms with Crippen molar-refractivity contribution in [2.75, 3.05) is 0 Å². The minimum absolute atomic E-state index is 0.00746. The van der Waals surface area contributed by atoms with Gasteiger partial charge in [-0.05, 0) is 24.1 Å². The number of unbranched alkanes of at least 4 members (excludes halogenated alkanes) is 1. The Morgan fingerprint density at radius 3 is 2.48 bits per heavy atom. The Bertz CT molecular complexity index is 617. The number of sulfonamides is 1. The van der Waals surface area contributed by atoms with Gasteiger partial charge in [0, 0.05) is 0 Å². The number of carboxylic acids is 1. The van der Waals surface area contributed by atoms with Crippen molar-refractivity contribution in [2.45, 2.75) is 43.5 Å². The maximum Gasteiger partial charge on any atom is 0.321 e. The first kappa shape index (κ1) is 17.1. The van der Waals surface area contributed by atoms with Crippen LogP contribution in [0.15, 0.2) is 29.2 Å². The minimum Gasteiger partial charge on any atom is -0.480 e. The third kappa shape index (κ3) is 5.17. The first-order chi connectivity index (χ1) is 9.90. The summed E-state index contributed by atoms with van der Waals surface area (Å²) >= 11 is 0. The molecular formula is C14H18N2O4S. The van der Waals surface area contributed by atoms with Crippen LogP contribution >= 0.6 is 0 Å². The highest BCUT2D eigenvalue weighted by atomic mass is 32.2. The van der Waals surface area contributed by atoms with Crippen LogP contribution in [0.2, 0.25) is 0 Å². The standard InChI is InChI=1S/C14H18N2O4S/c1-2-3-4-13(14(17)18)16-21(19,20)12-7-5-11(6-8-12)9-10-15/h5-8,13,16H,2-4,9H2,1H3,(H,17,18). The largest absolute Gasteiger partial charge is 0.480 e. The van der Waals surface area contributed by atoms with Gasteiger partial charge in [-0.1, -0.05) is 31.9 Å². The lowest BCUT2D eigenvalue weighted by Gasteiger charge is -2.14. The van der Waals surface area contributed by atoms with Gasteiger partial charge in [0.2, 0.25) is 10.0 Å². The molecule has 1 rings (SSSR count). The third-order valence-corrected chi connectivity index (χ3v) is 4.45. The van der Waals surface area contributed by atoms with Crippen LogP contribution in [0.1, 0.15) is 31.7 Å². The fraction of sp³-hybridized carbons (Fsp3) is 0.429. The third-order valence-electron chi connectivity index (χ3n) is 2.96. The summed E-state index contributed by atoms with van der Waals surface area (Å²) < 4.78 is 26.5. The summed E-state index contributed by atoms with van der Waals surface area (Å²) in [6.07, 6.45) is 1.86. The van der Waals surface area contributed by atoms with E-state index in [0.29, 0.717) is 12.0 Å². The van der Waals surface area contributed by atoms with E-state index in [1.54, 1.807) is 12.1 Å². The summed E-state index contributed by atoms with van der Waals surface area (Å²) in [7, 11) is -3.88. The van der Waals surface area contributed by atoms with Crippen molar-refractivity contribution < 1.29 is 18.3 Å². The molecule has 6 nitrogen and oxygen atoms in total. The SMILES string of the molecule is CCCCC(NS(=O)(=O)c1ccc(CC#N)cc1)C(=O)O. The zero-order chi connectivity index (χ0) is 15.9. The maximum atomic E-state index is 12.1. The summed E-state index contributed by atoms with van der Waals surface area (Å²) in [5.41, 5.74) is 0.706. The number of hydrogen-bond donors (Lipinski definition) is 2. The van der Waals surface area contributed by atoms with Crippen LogP contribution in [0.3, 0.4) is 0 Å². The van der Waals surface area contributed by atoms with E-state index in [1.165, 1.54) is 12.1 Å². The summed E-state index contributed by atoms with van der Waals surface area (Å²) in [6, 6.07) is 6.66. The molecule has 1 aromatic carbocycles. The molecule has 0 spiro atoms. The molecule has 0 radical (unpaired) electrons. The van der Waals surface area contributed by atoms with E-state index in [0.717, 1.165) is 6.42 Å². The molecule has 0 saturated carbocycles. The zero-order valence-electron chi connectivity index (χ0n) is 11.7. The first-order valence-corrected chi connectivity index (χ1v) is 8.10. The highest BCUT2D eigenvalue weighted by molar-refractivity contribution is 7.89. The van der Waals surface area contributed by atoms with E-state index in [-0.39, 0.29) is 17.7 Å². The number of nitrogens with one attached hydrogen (secondary N) is 1. The first-order valence-electron chi connectivity index (χ1n) is 6.61. The van der Waals surface area contributed by atoms with Crippen LogP contribution in [-0.4, -0.2) is 25.5 Å². The van der Waals surface area contributed by atoms with Crippen LogP contribution in [0, 0.1) is 11.3 Å². The maximum absolute atomic E-state index is 12.1. The van der Waals surface area contributed by atoms with Crippen molar-refractivity contribution in [1.29, 1.82) is 5.26 Å². The quantitative estimate of drug-likeness (QED) is 0.759. The van der Waals surface area contributed by atoms with Gasteiger partial charge < -0.3 is 5.11 Å². The molecule has 1 unspecified atom stereocenters.